The Morgan fingerprint density at radius 3 is 2.25 bits per heavy atom. The summed E-state index contributed by atoms with van der Waals surface area (Å²) in [4.78, 5) is 0.266. The number of sulfonamides is 1. The normalized spacial score (nSPS) is 19.0. The van der Waals surface area contributed by atoms with Gasteiger partial charge in [0.15, 0.2) is 0 Å². The second-order valence-electron chi connectivity index (χ2n) is 7.11. The Kier molecular flexibility index (Phi) is 5.94. The molecular weight excluding hydrogens is 326 g/mol. The first kappa shape index (κ1) is 19.2. The predicted molar refractivity (Wildman–Crippen MR) is 94.9 cm³/mol. The smallest absolute Gasteiger partial charge is 0.241 e. The molecule has 1 fully saturated rings. The van der Waals surface area contributed by atoms with Crippen molar-refractivity contribution in [1.29, 1.82) is 0 Å². The molecule has 0 amide bonds. The van der Waals surface area contributed by atoms with E-state index < -0.39 is 15.6 Å². The standard InChI is InChI=1S/C18H29NO4S/c1-13-10-16(23-4)11-14(2)17(13)24(21,22)19-12-18(3,20)15-8-6-5-7-9-15/h10-11,15,19-20H,5-9,12H2,1-4H3. The zero-order valence-corrected chi connectivity index (χ0v) is 15.9. The highest BCUT2D eigenvalue weighted by Gasteiger charge is 2.34. The van der Waals surface area contributed by atoms with Crippen LogP contribution in [0.2, 0.25) is 0 Å². The van der Waals surface area contributed by atoms with Crippen LogP contribution in [0.15, 0.2) is 17.0 Å². The number of hydrogen-bond acceptors (Lipinski definition) is 4. The molecule has 136 valence electrons. The average Bonchev–Trinajstić information content (AvgIpc) is 2.53. The predicted octanol–water partition coefficient (Wildman–Crippen LogP) is 2.92. The van der Waals surface area contributed by atoms with Crippen LogP contribution in [0.4, 0.5) is 0 Å². The molecule has 1 saturated carbocycles. The molecular formula is C18H29NO4S. The summed E-state index contributed by atoms with van der Waals surface area (Å²) >= 11 is 0. The summed E-state index contributed by atoms with van der Waals surface area (Å²) in [5, 5.41) is 10.7. The number of nitrogens with one attached hydrogen (secondary N) is 1. The first-order valence-corrected chi connectivity index (χ1v) is 10.0. The first-order chi connectivity index (χ1) is 11.2. The van der Waals surface area contributed by atoms with Crippen LogP contribution in [-0.2, 0) is 10.0 Å². The minimum absolute atomic E-state index is 0.0326. The maximum atomic E-state index is 12.7. The number of rotatable bonds is 6. The van der Waals surface area contributed by atoms with Gasteiger partial charge in [-0.25, -0.2) is 13.1 Å². The molecule has 2 N–H and O–H groups in total. The summed E-state index contributed by atoms with van der Waals surface area (Å²) in [6, 6.07) is 3.42. The molecule has 1 unspecified atom stereocenters. The van der Waals surface area contributed by atoms with Crippen LogP contribution in [0.1, 0.15) is 50.2 Å². The van der Waals surface area contributed by atoms with Crippen LogP contribution in [0, 0.1) is 19.8 Å². The van der Waals surface area contributed by atoms with Gasteiger partial charge in [-0.1, -0.05) is 19.3 Å². The van der Waals surface area contributed by atoms with E-state index in [1.807, 2.05) is 0 Å². The number of aryl methyl sites for hydroxylation is 2. The fourth-order valence-corrected chi connectivity index (χ4v) is 5.23. The van der Waals surface area contributed by atoms with Gasteiger partial charge in [0.2, 0.25) is 10.0 Å². The Labute approximate surface area is 145 Å². The van der Waals surface area contributed by atoms with Crippen molar-refractivity contribution < 1.29 is 18.3 Å². The molecule has 24 heavy (non-hydrogen) atoms. The van der Waals surface area contributed by atoms with E-state index in [-0.39, 0.29) is 17.4 Å². The van der Waals surface area contributed by atoms with Gasteiger partial charge in [-0.2, -0.15) is 0 Å². The van der Waals surface area contributed by atoms with Gasteiger partial charge in [0, 0.05) is 6.54 Å². The van der Waals surface area contributed by atoms with Gasteiger partial charge < -0.3 is 9.84 Å². The molecule has 0 heterocycles. The minimum atomic E-state index is -3.68. The van der Waals surface area contributed by atoms with Gasteiger partial charge >= 0.3 is 0 Å². The number of benzene rings is 1. The molecule has 1 aliphatic carbocycles. The molecule has 2 rings (SSSR count). The molecule has 1 aromatic carbocycles. The van der Waals surface area contributed by atoms with Crippen LogP contribution in [0.3, 0.4) is 0 Å². The Morgan fingerprint density at radius 2 is 1.75 bits per heavy atom. The van der Waals surface area contributed by atoms with E-state index in [4.69, 9.17) is 4.74 Å². The van der Waals surface area contributed by atoms with E-state index in [1.165, 1.54) is 6.42 Å². The van der Waals surface area contributed by atoms with E-state index in [9.17, 15) is 13.5 Å². The third-order valence-corrected chi connectivity index (χ3v) is 6.75. The van der Waals surface area contributed by atoms with Crippen LogP contribution in [-0.4, -0.2) is 32.8 Å². The molecule has 0 radical (unpaired) electrons. The Bertz CT molecular complexity index is 653. The number of aliphatic hydroxyl groups is 1. The summed E-state index contributed by atoms with van der Waals surface area (Å²) in [6.07, 6.45) is 5.31. The van der Waals surface area contributed by atoms with E-state index in [1.54, 1.807) is 40.0 Å². The van der Waals surface area contributed by atoms with Crippen LogP contribution in [0.5, 0.6) is 5.75 Å². The largest absolute Gasteiger partial charge is 0.497 e. The van der Waals surface area contributed by atoms with Gasteiger partial charge in [-0.15, -0.1) is 0 Å². The Hall–Kier alpha value is -1.11. The maximum absolute atomic E-state index is 12.7. The number of ether oxygens (including phenoxy) is 1. The molecule has 5 nitrogen and oxygen atoms in total. The summed E-state index contributed by atoms with van der Waals surface area (Å²) in [6.45, 7) is 5.27. The molecule has 1 aromatic rings. The van der Waals surface area contributed by atoms with Crippen LogP contribution < -0.4 is 9.46 Å². The maximum Gasteiger partial charge on any atom is 0.241 e. The molecule has 0 aromatic heterocycles. The quantitative estimate of drug-likeness (QED) is 0.823. The SMILES string of the molecule is COc1cc(C)c(S(=O)(=O)NCC(C)(O)C2CCCCC2)c(C)c1. The highest BCUT2D eigenvalue weighted by atomic mass is 32.2. The fraction of sp³-hybridized carbons (Fsp3) is 0.667. The molecule has 0 spiro atoms. The lowest BCUT2D eigenvalue weighted by atomic mass is 9.78. The Balaban J connectivity index is 2.17. The van der Waals surface area contributed by atoms with Gasteiger partial charge in [0.05, 0.1) is 17.6 Å². The van der Waals surface area contributed by atoms with Crippen molar-refractivity contribution in [2.24, 2.45) is 5.92 Å². The number of hydrogen-bond donors (Lipinski definition) is 2. The minimum Gasteiger partial charge on any atom is -0.497 e. The van der Waals surface area contributed by atoms with Gasteiger partial charge in [-0.05, 0) is 62.8 Å². The number of methoxy groups -OCH3 is 1. The van der Waals surface area contributed by atoms with Crippen molar-refractivity contribution in [2.45, 2.75) is 63.4 Å². The highest BCUT2D eigenvalue weighted by Crippen LogP contribution is 2.33. The van der Waals surface area contributed by atoms with Gasteiger partial charge in [0.1, 0.15) is 5.75 Å². The third kappa shape index (κ3) is 4.29. The summed E-state index contributed by atoms with van der Waals surface area (Å²) in [5.74, 6) is 0.783. The van der Waals surface area contributed by atoms with Crippen molar-refractivity contribution in [3.63, 3.8) is 0 Å². The molecule has 0 bridgehead atoms. The highest BCUT2D eigenvalue weighted by molar-refractivity contribution is 7.89. The lowest BCUT2D eigenvalue weighted by Gasteiger charge is -2.35. The molecule has 0 saturated heterocycles. The monoisotopic (exact) mass is 355 g/mol. The second kappa shape index (κ2) is 7.42. The molecule has 1 aliphatic rings. The second-order valence-corrected chi connectivity index (χ2v) is 8.81. The zero-order valence-electron chi connectivity index (χ0n) is 15.1. The average molecular weight is 356 g/mol. The third-order valence-electron chi connectivity index (χ3n) is 5.04. The van der Waals surface area contributed by atoms with Gasteiger partial charge in [0.25, 0.3) is 0 Å². The van der Waals surface area contributed by atoms with Crippen molar-refractivity contribution in [2.75, 3.05) is 13.7 Å². The van der Waals surface area contributed by atoms with Crippen LogP contribution in [0.25, 0.3) is 0 Å². The lowest BCUT2D eigenvalue weighted by molar-refractivity contribution is -0.0111. The van der Waals surface area contributed by atoms with Crippen molar-refractivity contribution in [1.82, 2.24) is 4.72 Å². The topological polar surface area (TPSA) is 75.6 Å². The van der Waals surface area contributed by atoms with E-state index in [0.717, 1.165) is 25.7 Å². The molecule has 1 atom stereocenters. The zero-order chi connectivity index (χ0) is 18.0. The van der Waals surface area contributed by atoms with Crippen molar-refractivity contribution in [3.8, 4) is 5.75 Å². The van der Waals surface area contributed by atoms with Crippen molar-refractivity contribution in [3.05, 3.63) is 23.3 Å². The molecule has 6 heteroatoms. The summed E-state index contributed by atoms with van der Waals surface area (Å²) in [7, 11) is -2.13. The molecule has 0 aliphatic heterocycles. The van der Waals surface area contributed by atoms with Crippen LogP contribution >= 0.6 is 0 Å². The first-order valence-electron chi connectivity index (χ1n) is 8.54. The Morgan fingerprint density at radius 1 is 1.21 bits per heavy atom. The lowest BCUT2D eigenvalue weighted by Crippen LogP contribution is -2.46. The van der Waals surface area contributed by atoms with E-state index >= 15 is 0 Å². The van der Waals surface area contributed by atoms with E-state index in [0.29, 0.717) is 16.9 Å². The fourth-order valence-electron chi connectivity index (χ4n) is 3.63. The van der Waals surface area contributed by atoms with Gasteiger partial charge in [-0.3, -0.25) is 0 Å². The summed E-state index contributed by atoms with van der Waals surface area (Å²) in [5.41, 5.74) is 0.246. The van der Waals surface area contributed by atoms with Crippen molar-refractivity contribution >= 4 is 10.0 Å². The summed E-state index contributed by atoms with van der Waals surface area (Å²) < 4.78 is 33.3. The van der Waals surface area contributed by atoms with E-state index in [2.05, 4.69) is 4.72 Å².